The highest BCUT2D eigenvalue weighted by molar-refractivity contribution is 7.89. The Hall–Kier alpha value is -2.71. The number of nitrogens with one attached hydrogen (secondary N) is 1. The molecule has 0 bridgehead atoms. The number of ether oxygens (including phenoxy) is 1. The van der Waals surface area contributed by atoms with E-state index in [9.17, 15) is 18.0 Å². The van der Waals surface area contributed by atoms with Crippen LogP contribution < -0.4 is 5.32 Å². The minimum atomic E-state index is -3.59. The van der Waals surface area contributed by atoms with Gasteiger partial charge in [-0.2, -0.15) is 4.31 Å². The first-order valence-corrected chi connectivity index (χ1v) is 10.9. The monoisotopic (exact) mass is 416 g/mol. The number of hydrogen-bond donors (Lipinski definition) is 1. The second-order valence-electron chi connectivity index (χ2n) is 6.93. The summed E-state index contributed by atoms with van der Waals surface area (Å²) in [5, 5.41) is 2.58. The molecule has 154 valence electrons. The van der Waals surface area contributed by atoms with E-state index in [0.29, 0.717) is 24.3 Å². The van der Waals surface area contributed by atoms with Crippen LogP contribution in [0.15, 0.2) is 53.4 Å². The molecular formula is C21H24N2O5S. The highest BCUT2D eigenvalue weighted by Crippen LogP contribution is 2.22. The first-order valence-electron chi connectivity index (χ1n) is 9.51. The van der Waals surface area contributed by atoms with Gasteiger partial charge in [0.05, 0.1) is 10.5 Å². The van der Waals surface area contributed by atoms with Crippen LogP contribution in [-0.4, -0.2) is 44.3 Å². The molecule has 1 amide bonds. The maximum atomic E-state index is 12.8. The summed E-state index contributed by atoms with van der Waals surface area (Å²) in [7, 11) is -3.59. The number of piperidine rings is 1. The van der Waals surface area contributed by atoms with Crippen molar-refractivity contribution in [1.29, 1.82) is 0 Å². The molecule has 0 unspecified atom stereocenters. The van der Waals surface area contributed by atoms with E-state index in [1.807, 2.05) is 6.07 Å². The molecule has 0 aliphatic carbocycles. The summed E-state index contributed by atoms with van der Waals surface area (Å²) in [5.41, 5.74) is 1.49. The molecule has 29 heavy (non-hydrogen) atoms. The summed E-state index contributed by atoms with van der Waals surface area (Å²) in [6.45, 7) is 2.34. The molecule has 1 N–H and O–H groups in total. The Bertz CT molecular complexity index is 998. The molecule has 1 aliphatic heterocycles. The van der Waals surface area contributed by atoms with Crippen molar-refractivity contribution in [2.45, 2.75) is 31.1 Å². The molecule has 0 aromatic heterocycles. The average molecular weight is 416 g/mol. The normalized spacial score (nSPS) is 14.9. The summed E-state index contributed by atoms with van der Waals surface area (Å²) in [6, 6.07) is 13.0. The lowest BCUT2D eigenvalue weighted by molar-refractivity contribution is -0.119. The summed E-state index contributed by atoms with van der Waals surface area (Å²) in [5.74, 6) is -1.13. The third-order valence-electron chi connectivity index (χ3n) is 4.77. The number of rotatable bonds is 6. The third-order valence-corrected chi connectivity index (χ3v) is 6.66. The third kappa shape index (κ3) is 5.21. The maximum absolute atomic E-state index is 12.8. The Kier molecular flexibility index (Phi) is 6.66. The lowest BCUT2D eigenvalue weighted by Crippen LogP contribution is -2.35. The van der Waals surface area contributed by atoms with Crippen molar-refractivity contribution >= 4 is 27.6 Å². The fourth-order valence-corrected chi connectivity index (χ4v) is 4.76. The number of hydrogen-bond acceptors (Lipinski definition) is 5. The Morgan fingerprint density at radius 3 is 2.48 bits per heavy atom. The zero-order valence-corrected chi connectivity index (χ0v) is 17.1. The zero-order valence-electron chi connectivity index (χ0n) is 16.3. The van der Waals surface area contributed by atoms with Crippen molar-refractivity contribution in [3.63, 3.8) is 0 Å². The van der Waals surface area contributed by atoms with Gasteiger partial charge in [-0.15, -0.1) is 0 Å². The molecule has 0 atom stereocenters. The summed E-state index contributed by atoms with van der Waals surface area (Å²) in [4.78, 5) is 24.4. The van der Waals surface area contributed by atoms with Gasteiger partial charge in [-0.05, 0) is 49.6 Å². The molecule has 1 aliphatic rings. The van der Waals surface area contributed by atoms with Gasteiger partial charge in [0.1, 0.15) is 0 Å². The molecule has 1 heterocycles. The molecule has 2 aromatic carbocycles. The molecule has 0 spiro atoms. The van der Waals surface area contributed by atoms with Crippen LogP contribution in [0.25, 0.3) is 0 Å². The number of sulfonamides is 1. The van der Waals surface area contributed by atoms with E-state index in [4.69, 9.17) is 4.74 Å². The van der Waals surface area contributed by atoms with Gasteiger partial charge in [-0.3, -0.25) is 4.79 Å². The molecule has 0 radical (unpaired) electrons. The van der Waals surface area contributed by atoms with E-state index < -0.39 is 28.5 Å². The number of esters is 1. The van der Waals surface area contributed by atoms with E-state index in [0.717, 1.165) is 24.8 Å². The Morgan fingerprint density at radius 1 is 1.03 bits per heavy atom. The lowest BCUT2D eigenvalue weighted by Gasteiger charge is -2.26. The van der Waals surface area contributed by atoms with Crippen molar-refractivity contribution in [2.75, 3.05) is 25.0 Å². The van der Waals surface area contributed by atoms with Gasteiger partial charge in [-0.1, -0.05) is 30.7 Å². The Balaban J connectivity index is 1.62. The van der Waals surface area contributed by atoms with Gasteiger partial charge in [-0.25, -0.2) is 13.2 Å². The van der Waals surface area contributed by atoms with Crippen LogP contribution in [0.4, 0.5) is 5.69 Å². The molecule has 1 fully saturated rings. The van der Waals surface area contributed by atoms with Gasteiger partial charge < -0.3 is 10.1 Å². The van der Waals surface area contributed by atoms with Gasteiger partial charge in [0.2, 0.25) is 10.0 Å². The standard InChI is InChI=1S/C21H24N2O5S/c1-16-8-3-4-11-19(16)21(25)28-15-20(24)22-17-9-7-10-18(14-17)29(26,27)23-12-5-2-6-13-23/h3-4,7-11,14H,2,5-6,12-13,15H2,1H3,(H,22,24). The fraction of sp³-hybridized carbons (Fsp3) is 0.333. The summed E-state index contributed by atoms with van der Waals surface area (Å²) >= 11 is 0. The summed E-state index contributed by atoms with van der Waals surface area (Å²) < 4.78 is 32.1. The molecule has 3 rings (SSSR count). The number of amides is 1. The topological polar surface area (TPSA) is 92.8 Å². The van der Waals surface area contributed by atoms with E-state index in [2.05, 4.69) is 5.32 Å². The lowest BCUT2D eigenvalue weighted by atomic mass is 10.1. The van der Waals surface area contributed by atoms with Crippen molar-refractivity contribution in [3.05, 3.63) is 59.7 Å². The molecule has 0 saturated carbocycles. The Labute approximate surface area is 170 Å². The quantitative estimate of drug-likeness (QED) is 0.731. The maximum Gasteiger partial charge on any atom is 0.338 e. The minimum absolute atomic E-state index is 0.133. The minimum Gasteiger partial charge on any atom is -0.452 e. The number of anilines is 1. The van der Waals surface area contributed by atoms with Gasteiger partial charge >= 0.3 is 5.97 Å². The average Bonchev–Trinajstić information content (AvgIpc) is 2.73. The number of carbonyl (C=O) groups is 2. The zero-order chi connectivity index (χ0) is 20.9. The molecular weight excluding hydrogens is 392 g/mol. The van der Waals surface area contributed by atoms with E-state index in [1.54, 1.807) is 37.3 Å². The second kappa shape index (κ2) is 9.19. The molecule has 7 nitrogen and oxygen atoms in total. The smallest absolute Gasteiger partial charge is 0.338 e. The van der Waals surface area contributed by atoms with Crippen LogP contribution in [0.5, 0.6) is 0 Å². The van der Waals surface area contributed by atoms with Crippen LogP contribution in [0, 0.1) is 6.92 Å². The van der Waals surface area contributed by atoms with Crippen molar-refractivity contribution in [2.24, 2.45) is 0 Å². The van der Waals surface area contributed by atoms with E-state index >= 15 is 0 Å². The van der Waals surface area contributed by atoms with Crippen LogP contribution >= 0.6 is 0 Å². The van der Waals surface area contributed by atoms with Gasteiger partial charge in [0.25, 0.3) is 5.91 Å². The number of benzene rings is 2. The predicted octanol–water partition coefficient (Wildman–Crippen LogP) is 2.97. The predicted molar refractivity (Wildman–Crippen MR) is 109 cm³/mol. The summed E-state index contributed by atoms with van der Waals surface area (Å²) in [6.07, 6.45) is 2.73. The first-order chi connectivity index (χ1) is 13.9. The highest BCUT2D eigenvalue weighted by Gasteiger charge is 2.26. The van der Waals surface area contributed by atoms with Crippen LogP contribution in [0.1, 0.15) is 35.2 Å². The SMILES string of the molecule is Cc1ccccc1C(=O)OCC(=O)Nc1cccc(S(=O)(=O)N2CCCCC2)c1. The number of carbonyl (C=O) groups excluding carboxylic acids is 2. The Morgan fingerprint density at radius 2 is 1.76 bits per heavy atom. The van der Waals surface area contributed by atoms with Gasteiger partial charge in [0.15, 0.2) is 6.61 Å². The largest absolute Gasteiger partial charge is 0.452 e. The second-order valence-corrected chi connectivity index (χ2v) is 8.87. The van der Waals surface area contributed by atoms with Gasteiger partial charge in [0, 0.05) is 18.8 Å². The van der Waals surface area contributed by atoms with Crippen LogP contribution in [0.3, 0.4) is 0 Å². The molecule has 2 aromatic rings. The first kappa shape index (κ1) is 21.0. The van der Waals surface area contributed by atoms with E-state index in [-0.39, 0.29) is 4.90 Å². The highest BCUT2D eigenvalue weighted by atomic mass is 32.2. The van der Waals surface area contributed by atoms with Crippen LogP contribution in [0.2, 0.25) is 0 Å². The molecule has 8 heteroatoms. The fourth-order valence-electron chi connectivity index (χ4n) is 3.20. The number of nitrogens with zero attached hydrogens (tertiary/aromatic N) is 1. The van der Waals surface area contributed by atoms with E-state index in [1.165, 1.54) is 16.4 Å². The van der Waals surface area contributed by atoms with Crippen molar-refractivity contribution in [1.82, 2.24) is 4.31 Å². The molecule has 1 saturated heterocycles. The number of aryl methyl sites for hydroxylation is 1. The van der Waals surface area contributed by atoms with Crippen molar-refractivity contribution < 1.29 is 22.7 Å². The van der Waals surface area contributed by atoms with Crippen LogP contribution in [-0.2, 0) is 19.6 Å². The van der Waals surface area contributed by atoms with Crippen molar-refractivity contribution in [3.8, 4) is 0 Å².